The fraction of sp³-hybridized carbons (Fsp3) is 0.520. The molecule has 0 saturated carbocycles. The maximum absolute atomic E-state index is 13.1. The molecule has 3 amide bonds. The molecule has 2 rings (SSSR count). The fourth-order valence-electron chi connectivity index (χ4n) is 3.56. The SMILES string of the molecule is CC=CCC(=O)NC(Cc1ccccc1)C(=O)NC(C)C(=O)N1CCCC(C(=O)OCC(C)(Cl)Cl)N1. The van der Waals surface area contributed by atoms with Gasteiger partial charge in [0.15, 0.2) is 0 Å². The quantitative estimate of drug-likeness (QED) is 0.225. The molecular formula is C25H34Cl2N4O5. The van der Waals surface area contributed by atoms with E-state index < -0.39 is 40.2 Å². The second kappa shape index (κ2) is 14.2. The van der Waals surface area contributed by atoms with E-state index in [9.17, 15) is 19.2 Å². The van der Waals surface area contributed by atoms with Gasteiger partial charge in [0.1, 0.15) is 29.1 Å². The Balaban J connectivity index is 2.00. The summed E-state index contributed by atoms with van der Waals surface area (Å²) in [5.41, 5.74) is 3.73. The molecule has 1 aliphatic heterocycles. The summed E-state index contributed by atoms with van der Waals surface area (Å²) in [6.07, 6.45) is 4.91. The van der Waals surface area contributed by atoms with Crippen LogP contribution in [0.25, 0.3) is 0 Å². The predicted octanol–water partition coefficient (Wildman–Crippen LogP) is 2.42. The van der Waals surface area contributed by atoms with Gasteiger partial charge in [-0.2, -0.15) is 0 Å². The van der Waals surface area contributed by atoms with Crippen molar-refractivity contribution in [2.24, 2.45) is 0 Å². The van der Waals surface area contributed by atoms with Crippen molar-refractivity contribution in [1.29, 1.82) is 0 Å². The summed E-state index contributed by atoms with van der Waals surface area (Å²) >= 11 is 11.7. The van der Waals surface area contributed by atoms with Crippen LogP contribution in [-0.2, 0) is 30.3 Å². The van der Waals surface area contributed by atoms with Gasteiger partial charge < -0.3 is 15.4 Å². The van der Waals surface area contributed by atoms with Crippen LogP contribution < -0.4 is 16.1 Å². The minimum absolute atomic E-state index is 0.144. The second-order valence-electron chi connectivity index (χ2n) is 8.80. The van der Waals surface area contributed by atoms with Gasteiger partial charge in [-0.25, -0.2) is 5.43 Å². The standard InChI is InChI=1S/C25H34Cl2N4O5/c1-4-5-13-21(32)29-20(15-18-10-7-6-8-11-18)22(33)28-17(2)23(34)31-14-9-12-19(30-31)24(35)36-16-25(3,26)27/h4-8,10-11,17,19-20,30H,9,12-16H2,1-3H3,(H,28,33)(H,29,32). The van der Waals surface area contributed by atoms with Crippen molar-refractivity contribution in [3.63, 3.8) is 0 Å². The number of halogens is 2. The number of alkyl halides is 2. The molecule has 0 spiro atoms. The van der Waals surface area contributed by atoms with Crippen molar-refractivity contribution in [1.82, 2.24) is 21.1 Å². The van der Waals surface area contributed by atoms with Gasteiger partial charge in [0.05, 0.1) is 0 Å². The van der Waals surface area contributed by atoms with Gasteiger partial charge in [0.2, 0.25) is 11.8 Å². The van der Waals surface area contributed by atoms with E-state index in [0.29, 0.717) is 19.4 Å². The molecule has 9 nitrogen and oxygen atoms in total. The molecule has 3 unspecified atom stereocenters. The summed E-state index contributed by atoms with van der Waals surface area (Å²) < 4.78 is 3.92. The number of nitrogens with one attached hydrogen (secondary N) is 3. The van der Waals surface area contributed by atoms with E-state index in [1.807, 2.05) is 30.3 Å². The highest BCUT2D eigenvalue weighted by molar-refractivity contribution is 6.48. The number of esters is 1. The van der Waals surface area contributed by atoms with Crippen molar-refractivity contribution < 1.29 is 23.9 Å². The topological polar surface area (TPSA) is 117 Å². The molecule has 198 valence electrons. The van der Waals surface area contributed by atoms with Gasteiger partial charge in [0.25, 0.3) is 5.91 Å². The first-order valence-electron chi connectivity index (χ1n) is 11.9. The van der Waals surface area contributed by atoms with Crippen molar-refractivity contribution in [2.45, 2.75) is 68.9 Å². The Labute approximate surface area is 221 Å². The van der Waals surface area contributed by atoms with Crippen LogP contribution >= 0.6 is 23.2 Å². The summed E-state index contributed by atoms with van der Waals surface area (Å²) in [6.45, 7) is 5.04. The molecule has 36 heavy (non-hydrogen) atoms. The van der Waals surface area contributed by atoms with Gasteiger partial charge >= 0.3 is 5.97 Å². The van der Waals surface area contributed by atoms with Crippen LogP contribution in [0.3, 0.4) is 0 Å². The van der Waals surface area contributed by atoms with Gasteiger partial charge in [-0.05, 0) is 39.2 Å². The molecule has 0 radical (unpaired) electrons. The number of hydrazine groups is 1. The van der Waals surface area contributed by atoms with Crippen molar-refractivity contribution >= 4 is 46.9 Å². The first kappa shape index (κ1) is 29.6. The van der Waals surface area contributed by atoms with Crippen molar-refractivity contribution in [3.8, 4) is 0 Å². The number of rotatable bonds is 11. The van der Waals surface area contributed by atoms with E-state index in [1.54, 1.807) is 26.0 Å². The lowest BCUT2D eigenvalue weighted by atomic mass is 10.0. The normalized spacial score (nSPS) is 17.8. The van der Waals surface area contributed by atoms with Crippen LogP contribution in [0, 0.1) is 0 Å². The molecular weight excluding hydrogens is 507 g/mol. The fourth-order valence-corrected chi connectivity index (χ4v) is 3.67. The molecule has 0 aliphatic carbocycles. The van der Waals surface area contributed by atoms with Crippen LogP contribution in [-0.4, -0.2) is 64.3 Å². The Kier molecular flexibility index (Phi) is 11.7. The predicted molar refractivity (Wildman–Crippen MR) is 138 cm³/mol. The third-order valence-electron chi connectivity index (χ3n) is 5.41. The minimum Gasteiger partial charge on any atom is -0.461 e. The lowest BCUT2D eigenvalue weighted by Crippen LogP contribution is -2.60. The number of carbonyl (C=O) groups excluding carboxylic acids is 4. The Morgan fingerprint density at radius 1 is 1.22 bits per heavy atom. The van der Waals surface area contributed by atoms with E-state index in [1.165, 1.54) is 11.9 Å². The average Bonchev–Trinajstić information content (AvgIpc) is 2.85. The number of hydrogen-bond donors (Lipinski definition) is 3. The number of nitrogens with zero attached hydrogens (tertiary/aromatic N) is 1. The molecule has 1 fully saturated rings. The summed E-state index contributed by atoms with van der Waals surface area (Å²) in [7, 11) is 0. The maximum atomic E-state index is 13.1. The molecule has 0 bridgehead atoms. The molecule has 1 heterocycles. The number of hydrogen-bond acceptors (Lipinski definition) is 6. The number of amides is 3. The zero-order chi connectivity index (χ0) is 26.7. The lowest BCUT2D eigenvalue weighted by Gasteiger charge is -2.34. The second-order valence-corrected chi connectivity index (χ2v) is 10.7. The highest BCUT2D eigenvalue weighted by Crippen LogP contribution is 2.20. The van der Waals surface area contributed by atoms with E-state index in [4.69, 9.17) is 27.9 Å². The third kappa shape index (κ3) is 10.2. The van der Waals surface area contributed by atoms with Gasteiger partial charge in [-0.1, -0.05) is 65.7 Å². The largest absolute Gasteiger partial charge is 0.461 e. The van der Waals surface area contributed by atoms with Crippen LogP contribution in [0.5, 0.6) is 0 Å². The van der Waals surface area contributed by atoms with Gasteiger partial charge in [0, 0.05) is 19.4 Å². The van der Waals surface area contributed by atoms with E-state index in [2.05, 4.69) is 16.1 Å². The Morgan fingerprint density at radius 2 is 1.92 bits per heavy atom. The number of allylic oxidation sites excluding steroid dienone is 1. The van der Waals surface area contributed by atoms with Crippen LogP contribution in [0.1, 0.15) is 45.6 Å². The molecule has 0 aromatic heterocycles. The molecule has 1 aromatic rings. The zero-order valence-corrected chi connectivity index (χ0v) is 22.3. The number of ether oxygens (including phenoxy) is 1. The highest BCUT2D eigenvalue weighted by atomic mass is 35.5. The van der Waals surface area contributed by atoms with Crippen LogP contribution in [0.4, 0.5) is 0 Å². The van der Waals surface area contributed by atoms with E-state index in [-0.39, 0.29) is 25.4 Å². The molecule has 1 aliphatic rings. The van der Waals surface area contributed by atoms with Crippen LogP contribution in [0.2, 0.25) is 0 Å². The molecule has 3 N–H and O–H groups in total. The molecule has 11 heteroatoms. The number of carbonyl (C=O) groups is 4. The Bertz CT molecular complexity index is 936. The van der Waals surface area contributed by atoms with Gasteiger partial charge in [-0.15, -0.1) is 0 Å². The van der Waals surface area contributed by atoms with Crippen molar-refractivity contribution in [2.75, 3.05) is 13.2 Å². The highest BCUT2D eigenvalue weighted by Gasteiger charge is 2.33. The van der Waals surface area contributed by atoms with Crippen LogP contribution in [0.15, 0.2) is 42.5 Å². The first-order chi connectivity index (χ1) is 17.0. The summed E-state index contributed by atoms with van der Waals surface area (Å²) in [4.78, 5) is 50.7. The molecule has 1 saturated heterocycles. The monoisotopic (exact) mass is 540 g/mol. The zero-order valence-electron chi connectivity index (χ0n) is 20.8. The van der Waals surface area contributed by atoms with E-state index >= 15 is 0 Å². The smallest absolute Gasteiger partial charge is 0.325 e. The average molecular weight is 541 g/mol. The third-order valence-corrected chi connectivity index (χ3v) is 5.63. The number of benzene rings is 1. The maximum Gasteiger partial charge on any atom is 0.325 e. The molecule has 1 aromatic carbocycles. The van der Waals surface area contributed by atoms with Crippen molar-refractivity contribution in [3.05, 3.63) is 48.0 Å². The lowest BCUT2D eigenvalue weighted by molar-refractivity contribution is -0.153. The summed E-state index contributed by atoms with van der Waals surface area (Å²) in [5.74, 6) is -1.76. The minimum atomic E-state index is -1.21. The summed E-state index contributed by atoms with van der Waals surface area (Å²) in [6, 6.07) is 6.78. The Morgan fingerprint density at radius 3 is 2.56 bits per heavy atom. The van der Waals surface area contributed by atoms with E-state index in [0.717, 1.165) is 5.56 Å². The van der Waals surface area contributed by atoms with Gasteiger partial charge in [-0.3, -0.25) is 24.2 Å². The first-order valence-corrected chi connectivity index (χ1v) is 12.6. The Hall–Kier alpha value is -2.62. The molecule has 3 atom stereocenters. The summed E-state index contributed by atoms with van der Waals surface area (Å²) in [5, 5.41) is 6.74.